The van der Waals surface area contributed by atoms with Crippen LogP contribution in [-0.2, 0) is 4.79 Å². The summed E-state index contributed by atoms with van der Waals surface area (Å²) in [6, 6.07) is 23.3. The first kappa shape index (κ1) is 24.7. The van der Waals surface area contributed by atoms with Gasteiger partial charge in [-0.05, 0) is 72.9 Å². The van der Waals surface area contributed by atoms with E-state index in [9.17, 15) is 9.59 Å². The van der Waals surface area contributed by atoms with E-state index < -0.39 is 0 Å². The van der Waals surface area contributed by atoms with Crippen LogP contribution in [0.5, 0.6) is 11.5 Å². The van der Waals surface area contributed by atoms with E-state index >= 15 is 0 Å². The predicted molar refractivity (Wildman–Crippen MR) is 137 cm³/mol. The molecule has 0 bridgehead atoms. The second-order valence-electron chi connectivity index (χ2n) is 7.66. The van der Waals surface area contributed by atoms with Crippen LogP contribution in [0.15, 0.2) is 78.9 Å². The van der Waals surface area contributed by atoms with Crippen LogP contribution in [-0.4, -0.2) is 30.1 Å². The van der Waals surface area contributed by atoms with E-state index in [1.165, 1.54) is 0 Å². The van der Waals surface area contributed by atoms with E-state index in [0.29, 0.717) is 35.9 Å². The van der Waals surface area contributed by atoms with Gasteiger partial charge in [-0.2, -0.15) is 0 Å². The Hall–Kier alpha value is -3.91. The maximum absolute atomic E-state index is 12.5. The minimum atomic E-state index is -0.336. The Morgan fingerprint density at radius 3 is 1.85 bits per heavy atom. The number of hydrogen-bond donors (Lipinski definition) is 3. The van der Waals surface area contributed by atoms with Crippen LogP contribution in [0.25, 0.3) is 0 Å². The van der Waals surface area contributed by atoms with Crippen LogP contribution in [0, 0.1) is 5.92 Å². The summed E-state index contributed by atoms with van der Waals surface area (Å²) in [7, 11) is 0. The average Bonchev–Trinajstić information content (AvgIpc) is 2.84. The van der Waals surface area contributed by atoms with E-state index in [1.54, 1.807) is 48.5 Å². The lowest BCUT2D eigenvalue weighted by Crippen LogP contribution is -2.34. The molecule has 0 radical (unpaired) electrons. The molecule has 0 saturated heterocycles. The van der Waals surface area contributed by atoms with E-state index in [4.69, 9.17) is 21.7 Å². The van der Waals surface area contributed by atoms with Gasteiger partial charge >= 0.3 is 0 Å². The normalized spacial score (nSPS) is 10.3. The van der Waals surface area contributed by atoms with Gasteiger partial charge in [-0.25, -0.2) is 0 Å². The van der Waals surface area contributed by atoms with Crippen LogP contribution in [0.2, 0.25) is 0 Å². The van der Waals surface area contributed by atoms with Gasteiger partial charge in [0.1, 0.15) is 24.7 Å². The smallest absolute Gasteiger partial charge is 0.257 e. The number of nitrogens with one attached hydrogen (secondary N) is 3. The molecule has 0 fully saturated rings. The first-order valence-corrected chi connectivity index (χ1v) is 11.3. The summed E-state index contributed by atoms with van der Waals surface area (Å²) in [6.07, 6.45) is 0. The maximum atomic E-state index is 12.5. The van der Waals surface area contributed by atoms with Gasteiger partial charge in [0.25, 0.3) is 5.91 Å². The molecule has 0 atom stereocenters. The van der Waals surface area contributed by atoms with Crippen molar-refractivity contribution in [2.45, 2.75) is 13.8 Å². The lowest BCUT2D eigenvalue weighted by Gasteiger charge is -2.12. The SMILES string of the molecule is CC(C)C(=O)Nc1ccc(NC(=S)NC(=O)c2ccc(OCCOc3ccccc3)cc2)cc1. The Bertz CT molecular complexity index is 1100. The summed E-state index contributed by atoms with van der Waals surface area (Å²) in [6.45, 7) is 4.45. The number of ether oxygens (including phenoxy) is 2. The number of carbonyl (C=O) groups excluding carboxylic acids is 2. The van der Waals surface area contributed by atoms with Crippen molar-refractivity contribution in [3.8, 4) is 11.5 Å². The maximum Gasteiger partial charge on any atom is 0.257 e. The Kier molecular flexibility index (Phi) is 8.99. The highest BCUT2D eigenvalue weighted by atomic mass is 32.1. The molecule has 0 heterocycles. The summed E-state index contributed by atoms with van der Waals surface area (Å²) < 4.78 is 11.2. The van der Waals surface area contributed by atoms with E-state index in [-0.39, 0.29) is 22.8 Å². The predicted octanol–water partition coefficient (Wildman–Crippen LogP) is 4.87. The number of thiocarbonyl (C=S) groups is 1. The summed E-state index contributed by atoms with van der Waals surface area (Å²) in [5.41, 5.74) is 1.83. The molecule has 34 heavy (non-hydrogen) atoms. The monoisotopic (exact) mass is 477 g/mol. The topological polar surface area (TPSA) is 88.7 Å². The molecule has 7 nitrogen and oxygen atoms in total. The Balaban J connectivity index is 1.42. The second-order valence-corrected chi connectivity index (χ2v) is 8.07. The van der Waals surface area contributed by atoms with Crippen molar-refractivity contribution in [3.63, 3.8) is 0 Å². The summed E-state index contributed by atoms with van der Waals surface area (Å²) >= 11 is 5.23. The molecule has 2 amide bonds. The third-order valence-electron chi connectivity index (χ3n) is 4.64. The molecule has 3 aromatic rings. The molecule has 0 aliphatic rings. The molecular weight excluding hydrogens is 450 g/mol. The number of carbonyl (C=O) groups is 2. The molecular formula is C26H27N3O4S. The molecule has 3 rings (SSSR count). The highest BCUT2D eigenvalue weighted by molar-refractivity contribution is 7.80. The third-order valence-corrected chi connectivity index (χ3v) is 4.85. The van der Waals surface area contributed by atoms with Crippen LogP contribution >= 0.6 is 12.2 Å². The Morgan fingerprint density at radius 2 is 1.29 bits per heavy atom. The summed E-state index contributed by atoms with van der Waals surface area (Å²) in [5, 5.41) is 8.59. The number of amides is 2. The lowest BCUT2D eigenvalue weighted by atomic mass is 10.2. The molecule has 3 aromatic carbocycles. The molecule has 0 aliphatic carbocycles. The van der Waals surface area contributed by atoms with Crippen LogP contribution < -0.4 is 25.4 Å². The highest BCUT2D eigenvalue weighted by Crippen LogP contribution is 2.15. The highest BCUT2D eigenvalue weighted by Gasteiger charge is 2.10. The van der Waals surface area contributed by atoms with E-state index in [2.05, 4.69) is 16.0 Å². The van der Waals surface area contributed by atoms with Gasteiger partial charge in [0, 0.05) is 22.9 Å². The van der Waals surface area contributed by atoms with Gasteiger partial charge in [-0.15, -0.1) is 0 Å². The van der Waals surface area contributed by atoms with Gasteiger partial charge in [-0.1, -0.05) is 32.0 Å². The van der Waals surface area contributed by atoms with E-state index in [1.807, 2.05) is 44.2 Å². The van der Waals surface area contributed by atoms with Gasteiger partial charge in [0.15, 0.2) is 5.11 Å². The number of hydrogen-bond acceptors (Lipinski definition) is 5. The Morgan fingerprint density at radius 1 is 0.765 bits per heavy atom. The summed E-state index contributed by atoms with van der Waals surface area (Å²) in [4.78, 5) is 24.2. The van der Waals surface area contributed by atoms with Crippen molar-refractivity contribution in [1.29, 1.82) is 0 Å². The number of benzene rings is 3. The van der Waals surface area contributed by atoms with Crippen LogP contribution in [0.1, 0.15) is 24.2 Å². The van der Waals surface area contributed by atoms with Crippen LogP contribution in [0.3, 0.4) is 0 Å². The van der Waals surface area contributed by atoms with Crippen molar-refractivity contribution in [2.75, 3.05) is 23.8 Å². The van der Waals surface area contributed by atoms with Crippen molar-refractivity contribution in [3.05, 3.63) is 84.4 Å². The molecule has 0 aliphatic heterocycles. The third kappa shape index (κ3) is 7.90. The largest absolute Gasteiger partial charge is 0.490 e. The van der Waals surface area contributed by atoms with Crippen molar-refractivity contribution >= 4 is 40.5 Å². The van der Waals surface area contributed by atoms with Gasteiger partial charge in [0.2, 0.25) is 5.91 Å². The Labute approximate surface area is 204 Å². The average molecular weight is 478 g/mol. The van der Waals surface area contributed by atoms with Crippen molar-refractivity contribution < 1.29 is 19.1 Å². The van der Waals surface area contributed by atoms with Gasteiger partial charge in [0.05, 0.1) is 0 Å². The fraction of sp³-hybridized carbons (Fsp3) is 0.192. The zero-order valence-corrected chi connectivity index (χ0v) is 19.9. The summed E-state index contributed by atoms with van der Waals surface area (Å²) in [5.74, 6) is 0.933. The van der Waals surface area contributed by atoms with Crippen LogP contribution in [0.4, 0.5) is 11.4 Å². The minimum Gasteiger partial charge on any atom is -0.490 e. The molecule has 8 heteroatoms. The molecule has 0 saturated carbocycles. The molecule has 176 valence electrons. The fourth-order valence-electron chi connectivity index (χ4n) is 2.80. The van der Waals surface area contributed by atoms with Crippen molar-refractivity contribution in [2.24, 2.45) is 5.92 Å². The standard InChI is InChI=1S/C26H27N3O4S/c1-18(2)24(30)27-20-10-12-21(13-11-20)28-26(34)29-25(31)19-8-14-23(15-9-19)33-17-16-32-22-6-4-3-5-7-22/h3-15,18H,16-17H2,1-2H3,(H,27,30)(H2,28,29,31,34). The fourth-order valence-corrected chi connectivity index (χ4v) is 3.01. The molecule has 0 spiro atoms. The zero-order chi connectivity index (χ0) is 24.3. The molecule has 0 unspecified atom stereocenters. The molecule has 3 N–H and O–H groups in total. The number of anilines is 2. The second kappa shape index (κ2) is 12.4. The van der Waals surface area contributed by atoms with Crippen molar-refractivity contribution in [1.82, 2.24) is 5.32 Å². The van der Waals surface area contributed by atoms with E-state index in [0.717, 1.165) is 5.75 Å². The zero-order valence-electron chi connectivity index (χ0n) is 19.0. The molecule has 0 aromatic heterocycles. The number of para-hydroxylation sites is 1. The van der Waals surface area contributed by atoms with Gasteiger partial charge in [-0.3, -0.25) is 14.9 Å². The first-order valence-electron chi connectivity index (χ1n) is 10.8. The van der Waals surface area contributed by atoms with Gasteiger partial charge < -0.3 is 20.1 Å². The number of rotatable bonds is 9. The minimum absolute atomic E-state index is 0.0552. The first-order chi connectivity index (χ1) is 16.4. The quantitative estimate of drug-likeness (QED) is 0.301. The lowest BCUT2D eigenvalue weighted by molar-refractivity contribution is -0.118.